The summed E-state index contributed by atoms with van der Waals surface area (Å²) in [5, 5.41) is 10.0. The second-order valence-electron chi connectivity index (χ2n) is 5.21. The predicted molar refractivity (Wildman–Crippen MR) is 121 cm³/mol. The third-order valence-electron chi connectivity index (χ3n) is 3.38. The van der Waals surface area contributed by atoms with E-state index in [4.69, 9.17) is 23.2 Å². The first kappa shape index (κ1) is 22.8. The molecule has 0 aliphatic rings. The number of carbonyl (C=O) groups excluding carboxylic acids is 1. The molecule has 1 amide bonds. The van der Waals surface area contributed by atoms with Gasteiger partial charge in [0.25, 0.3) is 5.91 Å². The molecule has 5 nitrogen and oxygen atoms in total. The predicted octanol–water partition coefficient (Wildman–Crippen LogP) is 6.61. The van der Waals surface area contributed by atoms with Gasteiger partial charge in [0.2, 0.25) is 6.19 Å². The lowest BCUT2D eigenvalue weighted by atomic mass is 10.2. The molecule has 0 saturated carbocycles. The van der Waals surface area contributed by atoms with E-state index in [-0.39, 0.29) is 10.6 Å². The summed E-state index contributed by atoms with van der Waals surface area (Å²) in [7, 11) is -2.72. The van der Waals surface area contributed by atoms with Gasteiger partial charge in [0.05, 0.1) is 28.4 Å². The van der Waals surface area contributed by atoms with Gasteiger partial charge in [-0.1, -0.05) is 35.4 Å². The summed E-state index contributed by atoms with van der Waals surface area (Å²) in [6.07, 6.45) is 5.16. The maximum absolute atomic E-state index is 13.0. The van der Waals surface area contributed by atoms with Crippen LogP contribution in [0.15, 0.2) is 72.4 Å². The molecular formula is C18H15BrCl2N4OS2. The van der Waals surface area contributed by atoms with Crippen LogP contribution in [0, 0.1) is 11.5 Å². The molecule has 1 atom stereocenters. The van der Waals surface area contributed by atoms with E-state index < -0.39 is 15.7 Å². The fraction of sp³-hybridized carbons (Fsp3) is 0.111. The highest BCUT2D eigenvalue weighted by Crippen LogP contribution is 2.33. The van der Waals surface area contributed by atoms with Gasteiger partial charge < -0.3 is 0 Å². The Kier molecular flexibility index (Phi) is 8.43. The number of hydrogen-bond acceptors (Lipinski definition) is 4. The Hall–Kier alpha value is -1.47. The summed E-state index contributed by atoms with van der Waals surface area (Å²) in [4.78, 5) is 13.0. The Bertz CT molecular complexity index is 1070. The molecule has 28 heavy (non-hydrogen) atoms. The van der Waals surface area contributed by atoms with E-state index in [0.29, 0.717) is 22.3 Å². The van der Waals surface area contributed by atoms with E-state index in [2.05, 4.69) is 37.8 Å². The van der Waals surface area contributed by atoms with Crippen molar-refractivity contribution in [3.05, 3.63) is 75.0 Å². The second-order valence-corrected chi connectivity index (χ2v) is 11.1. The number of nitrogens with zero attached hydrogens (tertiary/aromatic N) is 4. The zero-order valence-electron chi connectivity index (χ0n) is 14.5. The highest BCUT2D eigenvalue weighted by atomic mass is 79.9. The Morgan fingerprint density at radius 2 is 1.96 bits per heavy atom. The molecule has 0 bridgehead atoms. The third kappa shape index (κ3) is 5.11. The summed E-state index contributed by atoms with van der Waals surface area (Å²) >= 11 is 16.9. The van der Waals surface area contributed by atoms with Gasteiger partial charge in [0, 0.05) is 18.1 Å². The van der Waals surface area contributed by atoms with Crippen LogP contribution in [0.2, 0.25) is 10.0 Å². The highest BCUT2D eigenvalue weighted by Gasteiger charge is 2.24. The molecule has 1 heterocycles. The summed E-state index contributed by atoms with van der Waals surface area (Å²) < 4.78 is 11.9. The van der Waals surface area contributed by atoms with Crippen LogP contribution in [0.5, 0.6) is 0 Å². The number of carbonyl (C=O) groups is 1. The molecule has 0 fully saturated rings. The fourth-order valence-electron chi connectivity index (χ4n) is 2.25. The maximum Gasteiger partial charge on any atom is 0.286 e. The van der Waals surface area contributed by atoms with Crippen LogP contribution in [-0.2, 0) is 9.81 Å². The molecule has 0 saturated heterocycles. The van der Waals surface area contributed by atoms with Crippen molar-refractivity contribution in [2.75, 3.05) is 13.1 Å². The van der Waals surface area contributed by atoms with Gasteiger partial charge in [-0.2, -0.15) is 9.62 Å². The van der Waals surface area contributed by atoms with E-state index in [1.807, 2.05) is 12.3 Å². The SMILES string of the molecule is C=CCN(CC=C)S(=NC#N)(=NC(=O)c1ccc(Cl)cc1Cl)c1ccc(Br)s1. The first-order chi connectivity index (χ1) is 13.4. The van der Waals surface area contributed by atoms with Gasteiger partial charge in [-0.05, 0) is 46.3 Å². The van der Waals surface area contributed by atoms with Crippen LogP contribution in [0.1, 0.15) is 10.4 Å². The number of rotatable bonds is 7. The lowest BCUT2D eigenvalue weighted by molar-refractivity contribution is 0.100. The van der Waals surface area contributed by atoms with Crippen LogP contribution in [0.25, 0.3) is 0 Å². The van der Waals surface area contributed by atoms with Crippen molar-refractivity contribution in [1.82, 2.24) is 4.31 Å². The molecule has 1 aromatic heterocycles. The van der Waals surface area contributed by atoms with E-state index >= 15 is 0 Å². The van der Waals surface area contributed by atoms with E-state index in [0.717, 1.165) is 3.79 Å². The topological polar surface area (TPSA) is 68.8 Å². The van der Waals surface area contributed by atoms with Crippen LogP contribution >= 0.6 is 50.5 Å². The van der Waals surface area contributed by atoms with Crippen LogP contribution in [-0.4, -0.2) is 23.3 Å². The lowest BCUT2D eigenvalue weighted by Gasteiger charge is -2.26. The molecule has 0 N–H and O–H groups in total. The standard InChI is InChI=1S/C18H15BrCl2N4OS2/c1-3-9-25(10-4-2)28(23-12-22,17-8-7-16(19)27-17)24-18(26)14-6-5-13(20)11-15(14)21/h3-8,11H,1-2,9-10H2. The summed E-state index contributed by atoms with van der Waals surface area (Å²) in [5.41, 5.74) is 0.184. The molecule has 2 aromatic rings. The molecular weight excluding hydrogens is 503 g/mol. The Balaban J connectivity index is 2.82. The highest BCUT2D eigenvalue weighted by molar-refractivity contribution is 9.11. The molecule has 0 radical (unpaired) electrons. The van der Waals surface area contributed by atoms with Gasteiger partial charge in [0.15, 0.2) is 0 Å². The lowest BCUT2D eigenvalue weighted by Crippen LogP contribution is -2.31. The van der Waals surface area contributed by atoms with Crippen molar-refractivity contribution in [2.45, 2.75) is 4.21 Å². The molecule has 0 spiro atoms. The van der Waals surface area contributed by atoms with Crippen molar-refractivity contribution < 1.29 is 4.79 Å². The number of hydrogen-bond donors (Lipinski definition) is 0. The van der Waals surface area contributed by atoms with Gasteiger partial charge >= 0.3 is 0 Å². The third-order valence-corrected chi connectivity index (χ3v) is 8.72. The van der Waals surface area contributed by atoms with Gasteiger partial charge in [-0.15, -0.1) is 28.9 Å². The zero-order valence-corrected chi connectivity index (χ0v) is 19.2. The fourth-order valence-corrected chi connectivity index (χ4v) is 7.47. The van der Waals surface area contributed by atoms with E-state index in [9.17, 15) is 10.1 Å². The average Bonchev–Trinajstić information content (AvgIpc) is 3.08. The quantitative estimate of drug-likeness (QED) is 0.306. The van der Waals surface area contributed by atoms with Crippen molar-refractivity contribution in [3.63, 3.8) is 0 Å². The van der Waals surface area contributed by atoms with Crippen molar-refractivity contribution >= 4 is 66.2 Å². The summed E-state index contributed by atoms with van der Waals surface area (Å²) in [6.45, 7) is 8.23. The van der Waals surface area contributed by atoms with Gasteiger partial charge in [-0.25, -0.2) is 4.31 Å². The molecule has 0 aliphatic heterocycles. The number of halogens is 3. The minimum absolute atomic E-state index is 0.179. The largest absolute Gasteiger partial charge is 0.286 e. The van der Waals surface area contributed by atoms with E-state index in [1.54, 1.807) is 28.6 Å². The summed E-state index contributed by atoms with van der Waals surface area (Å²) in [6, 6.07) is 8.15. The normalized spacial score (nSPS) is 12.7. The molecule has 1 aromatic carbocycles. The van der Waals surface area contributed by atoms with Crippen LogP contribution < -0.4 is 0 Å². The van der Waals surface area contributed by atoms with Gasteiger partial charge in [0.1, 0.15) is 0 Å². The number of thiophene rings is 1. The molecule has 146 valence electrons. The monoisotopic (exact) mass is 516 g/mol. The first-order valence-corrected chi connectivity index (χ1v) is 11.6. The van der Waals surface area contributed by atoms with Crippen molar-refractivity contribution in [2.24, 2.45) is 8.73 Å². The number of amides is 1. The van der Waals surface area contributed by atoms with E-state index in [1.165, 1.54) is 23.5 Å². The zero-order chi connectivity index (χ0) is 20.7. The van der Waals surface area contributed by atoms with Gasteiger partial charge in [-0.3, -0.25) is 4.79 Å². The Morgan fingerprint density at radius 1 is 1.29 bits per heavy atom. The number of benzene rings is 1. The molecule has 2 rings (SSSR count). The minimum Gasteiger partial charge on any atom is -0.266 e. The minimum atomic E-state index is -2.72. The molecule has 10 heteroatoms. The molecule has 1 unspecified atom stereocenters. The van der Waals surface area contributed by atoms with Crippen molar-refractivity contribution in [3.8, 4) is 6.19 Å². The summed E-state index contributed by atoms with van der Waals surface area (Å²) in [5.74, 6) is -0.585. The van der Waals surface area contributed by atoms with Crippen LogP contribution in [0.3, 0.4) is 0 Å². The molecule has 0 aliphatic carbocycles. The van der Waals surface area contributed by atoms with Crippen molar-refractivity contribution in [1.29, 1.82) is 5.26 Å². The van der Waals surface area contributed by atoms with Crippen LogP contribution in [0.4, 0.5) is 0 Å². The first-order valence-electron chi connectivity index (χ1n) is 7.77. The Labute approximate surface area is 187 Å². The number of nitriles is 1. The Morgan fingerprint density at radius 3 is 2.46 bits per heavy atom. The second kappa shape index (κ2) is 10.3. The smallest absolute Gasteiger partial charge is 0.266 e. The maximum atomic E-state index is 13.0. The average molecular weight is 518 g/mol.